The number of fused-ring (bicyclic) bond motifs is 1. The Morgan fingerprint density at radius 2 is 1.57 bits per heavy atom. The summed E-state index contributed by atoms with van der Waals surface area (Å²) < 4.78 is 0. The fourth-order valence-electron chi connectivity index (χ4n) is 1.83. The Morgan fingerprint density at radius 3 is 2.05 bits per heavy atom. The zero-order chi connectivity index (χ0) is 15.6. The maximum atomic E-state index is 11.9. The number of nitrogens with zero attached hydrogens (tertiary/aromatic N) is 2. The lowest BCUT2D eigenvalue weighted by molar-refractivity contribution is -0.169. The van der Waals surface area contributed by atoms with Crippen LogP contribution in [0.5, 0.6) is 0 Å². The lowest BCUT2D eigenvalue weighted by atomic mass is 10.1. The van der Waals surface area contributed by atoms with E-state index in [9.17, 15) is 19.2 Å². The summed E-state index contributed by atoms with van der Waals surface area (Å²) in [6, 6.07) is 6.20. The number of rotatable bonds is 4. The molecule has 7 nitrogen and oxygen atoms in total. The molecular formula is C14H14N2O5. The van der Waals surface area contributed by atoms with E-state index in [1.807, 2.05) is 0 Å². The van der Waals surface area contributed by atoms with Crippen LogP contribution in [0.25, 0.3) is 0 Å². The zero-order valence-corrected chi connectivity index (χ0v) is 11.7. The molecule has 0 radical (unpaired) electrons. The number of imide groups is 1. The number of benzene rings is 1. The molecule has 0 N–H and O–H groups in total. The first-order chi connectivity index (χ1) is 9.91. The van der Waals surface area contributed by atoms with Crippen molar-refractivity contribution < 1.29 is 24.0 Å². The second-order valence-electron chi connectivity index (χ2n) is 4.70. The summed E-state index contributed by atoms with van der Waals surface area (Å²) in [5.41, 5.74) is 0.388. The molecule has 0 fully saturated rings. The summed E-state index contributed by atoms with van der Waals surface area (Å²) in [5, 5.41) is 0.438. The molecule has 0 aliphatic carbocycles. The lowest BCUT2D eigenvalue weighted by Gasteiger charge is -2.13. The average Bonchev–Trinajstić information content (AvgIpc) is 2.70. The van der Waals surface area contributed by atoms with E-state index in [1.165, 1.54) is 17.0 Å². The quantitative estimate of drug-likeness (QED) is 0.759. The SMILES string of the molecule is CN(C)C(=O)CCC(=O)ON1C(=O)c2ccccc2C1=O. The molecule has 7 heteroatoms. The zero-order valence-electron chi connectivity index (χ0n) is 11.7. The number of amides is 3. The van der Waals surface area contributed by atoms with Crippen molar-refractivity contribution in [3.05, 3.63) is 35.4 Å². The third kappa shape index (κ3) is 2.91. The van der Waals surface area contributed by atoms with Crippen LogP contribution in [0.2, 0.25) is 0 Å². The molecule has 1 aromatic carbocycles. The minimum absolute atomic E-state index is 0.0466. The van der Waals surface area contributed by atoms with E-state index in [4.69, 9.17) is 4.84 Å². The van der Waals surface area contributed by atoms with Crippen molar-refractivity contribution in [1.82, 2.24) is 9.96 Å². The Kier molecular flexibility index (Phi) is 4.02. The Labute approximate surface area is 121 Å². The van der Waals surface area contributed by atoms with E-state index in [0.29, 0.717) is 5.06 Å². The predicted molar refractivity (Wildman–Crippen MR) is 71.0 cm³/mol. The van der Waals surface area contributed by atoms with Gasteiger partial charge in [0.1, 0.15) is 0 Å². The van der Waals surface area contributed by atoms with Gasteiger partial charge in [-0.15, -0.1) is 0 Å². The van der Waals surface area contributed by atoms with Crippen molar-refractivity contribution in [3.63, 3.8) is 0 Å². The first-order valence-corrected chi connectivity index (χ1v) is 6.30. The van der Waals surface area contributed by atoms with Gasteiger partial charge in [-0.2, -0.15) is 0 Å². The molecular weight excluding hydrogens is 276 g/mol. The fraction of sp³-hybridized carbons (Fsp3) is 0.286. The second kappa shape index (κ2) is 5.74. The van der Waals surface area contributed by atoms with Gasteiger partial charge in [0, 0.05) is 20.5 Å². The summed E-state index contributed by atoms with van der Waals surface area (Å²) >= 11 is 0. The molecule has 110 valence electrons. The molecule has 0 atom stereocenters. The fourth-order valence-corrected chi connectivity index (χ4v) is 1.83. The van der Waals surface area contributed by atoms with Crippen molar-refractivity contribution in [1.29, 1.82) is 0 Å². The molecule has 1 aliphatic rings. The summed E-state index contributed by atoms with van der Waals surface area (Å²) in [7, 11) is 3.13. The molecule has 0 saturated heterocycles. The van der Waals surface area contributed by atoms with Crippen LogP contribution in [-0.2, 0) is 14.4 Å². The van der Waals surface area contributed by atoms with Crippen LogP contribution in [0.3, 0.4) is 0 Å². The van der Waals surface area contributed by atoms with Crippen LogP contribution >= 0.6 is 0 Å². The van der Waals surface area contributed by atoms with Crippen LogP contribution in [0, 0.1) is 0 Å². The van der Waals surface area contributed by atoms with E-state index in [1.54, 1.807) is 26.2 Å². The molecule has 1 aromatic rings. The second-order valence-corrected chi connectivity index (χ2v) is 4.70. The van der Waals surface area contributed by atoms with Gasteiger partial charge in [-0.25, -0.2) is 4.79 Å². The first kappa shape index (κ1) is 14.7. The van der Waals surface area contributed by atoms with Gasteiger partial charge in [-0.3, -0.25) is 14.4 Å². The van der Waals surface area contributed by atoms with Crippen LogP contribution in [0.15, 0.2) is 24.3 Å². The summed E-state index contributed by atoms with van der Waals surface area (Å²) in [4.78, 5) is 53.0. The van der Waals surface area contributed by atoms with Gasteiger partial charge in [-0.05, 0) is 12.1 Å². The third-order valence-electron chi connectivity index (χ3n) is 2.99. The molecule has 0 bridgehead atoms. The molecule has 2 rings (SSSR count). The topological polar surface area (TPSA) is 84.0 Å². The van der Waals surface area contributed by atoms with Gasteiger partial charge in [0.05, 0.1) is 17.5 Å². The molecule has 0 aromatic heterocycles. The average molecular weight is 290 g/mol. The summed E-state index contributed by atoms with van der Waals surface area (Å²) in [6.45, 7) is 0. The summed E-state index contributed by atoms with van der Waals surface area (Å²) in [5.74, 6) is -2.40. The molecule has 3 amide bonds. The molecule has 1 heterocycles. The minimum atomic E-state index is -0.806. The Hall–Kier alpha value is -2.70. The Bertz CT molecular complexity index is 589. The standard InChI is InChI=1S/C14H14N2O5/c1-15(2)11(17)7-8-12(18)21-16-13(19)9-5-3-4-6-10(9)14(16)20/h3-6H,7-8H2,1-2H3. The smallest absolute Gasteiger partial charge is 0.333 e. The number of carbonyl (C=O) groups excluding carboxylic acids is 4. The normalized spacial score (nSPS) is 13.1. The van der Waals surface area contributed by atoms with Crippen LogP contribution < -0.4 is 0 Å². The number of carbonyl (C=O) groups is 4. The van der Waals surface area contributed by atoms with Crippen molar-refractivity contribution >= 4 is 23.7 Å². The predicted octanol–water partition coefficient (Wildman–Crippen LogP) is 0.609. The van der Waals surface area contributed by atoms with Crippen molar-refractivity contribution in [2.75, 3.05) is 14.1 Å². The third-order valence-corrected chi connectivity index (χ3v) is 2.99. The minimum Gasteiger partial charge on any atom is -0.349 e. The lowest BCUT2D eigenvalue weighted by Crippen LogP contribution is -2.33. The van der Waals surface area contributed by atoms with E-state index in [-0.39, 0.29) is 29.9 Å². The molecule has 0 spiro atoms. The van der Waals surface area contributed by atoms with Gasteiger partial charge in [0.25, 0.3) is 11.8 Å². The van der Waals surface area contributed by atoms with E-state index in [0.717, 1.165) is 0 Å². The number of hydrogen-bond donors (Lipinski definition) is 0. The van der Waals surface area contributed by atoms with E-state index in [2.05, 4.69) is 0 Å². The summed E-state index contributed by atoms with van der Waals surface area (Å²) in [6.07, 6.45) is -0.251. The molecule has 21 heavy (non-hydrogen) atoms. The highest BCUT2D eigenvalue weighted by Crippen LogP contribution is 2.22. The molecule has 0 unspecified atom stereocenters. The highest BCUT2D eigenvalue weighted by atomic mass is 16.7. The van der Waals surface area contributed by atoms with Crippen LogP contribution in [-0.4, -0.2) is 47.7 Å². The van der Waals surface area contributed by atoms with Crippen LogP contribution in [0.1, 0.15) is 33.6 Å². The molecule has 0 saturated carbocycles. The highest BCUT2D eigenvalue weighted by Gasteiger charge is 2.38. The monoisotopic (exact) mass is 290 g/mol. The van der Waals surface area contributed by atoms with Gasteiger partial charge < -0.3 is 9.74 Å². The van der Waals surface area contributed by atoms with Crippen LogP contribution in [0.4, 0.5) is 0 Å². The maximum Gasteiger partial charge on any atom is 0.333 e. The Balaban J connectivity index is 1.99. The maximum absolute atomic E-state index is 11.9. The van der Waals surface area contributed by atoms with Gasteiger partial charge in [0.2, 0.25) is 5.91 Å². The van der Waals surface area contributed by atoms with E-state index < -0.39 is 17.8 Å². The van der Waals surface area contributed by atoms with Crippen molar-refractivity contribution in [2.24, 2.45) is 0 Å². The van der Waals surface area contributed by atoms with E-state index >= 15 is 0 Å². The number of hydroxylamine groups is 2. The van der Waals surface area contributed by atoms with Crippen molar-refractivity contribution in [3.8, 4) is 0 Å². The van der Waals surface area contributed by atoms with Gasteiger partial charge in [0.15, 0.2) is 0 Å². The first-order valence-electron chi connectivity index (χ1n) is 6.30. The molecule has 1 aliphatic heterocycles. The van der Waals surface area contributed by atoms with Crippen molar-refractivity contribution in [2.45, 2.75) is 12.8 Å². The highest BCUT2D eigenvalue weighted by molar-refractivity contribution is 6.20. The Morgan fingerprint density at radius 1 is 1.05 bits per heavy atom. The number of hydrogen-bond acceptors (Lipinski definition) is 5. The largest absolute Gasteiger partial charge is 0.349 e. The van der Waals surface area contributed by atoms with Gasteiger partial charge in [-0.1, -0.05) is 17.2 Å². The van der Waals surface area contributed by atoms with Gasteiger partial charge >= 0.3 is 5.97 Å².